The standard InChI is InChI=1S/C23H26N6O2/c24-21-20(29(30)31)22(25-16-19-9-5-2-6-10-19)27-23(26-21)28-13-11-18(12-14-28)15-17-7-3-1-4-8-17/h1-10,18H,11-16H2,(H3,24,25,26,27). The predicted octanol–water partition coefficient (Wildman–Crippen LogP) is 4.04. The third-order valence-corrected chi connectivity index (χ3v) is 5.65. The zero-order valence-corrected chi connectivity index (χ0v) is 17.3. The van der Waals surface area contributed by atoms with Crippen LogP contribution in [-0.4, -0.2) is 28.0 Å². The number of nitrogen functional groups attached to an aromatic ring is 1. The average Bonchev–Trinajstić information content (AvgIpc) is 2.79. The van der Waals surface area contributed by atoms with Gasteiger partial charge in [0.2, 0.25) is 17.6 Å². The number of hydrogen-bond acceptors (Lipinski definition) is 7. The van der Waals surface area contributed by atoms with Gasteiger partial charge in [-0.3, -0.25) is 10.1 Å². The second-order valence-electron chi connectivity index (χ2n) is 7.82. The van der Waals surface area contributed by atoms with E-state index in [-0.39, 0.29) is 17.3 Å². The molecule has 1 aliphatic rings. The van der Waals surface area contributed by atoms with Crippen LogP contribution in [0.4, 0.5) is 23.3 Å². The highest BCUT2D eigenvalue weighted by Gasteiger charge is 2.27. The van der Waals surface area contributed by atoms with Gasteiger partial charge in [0.15, 0.2) is 0 Å². The molecule has 1 aromatic heterocycles. The van der Waals surface area contributed by atoms with Crippen molar-refractivity contribution >= 4 is 23.3 Å². The summed E-state index contributed by atoms with van der Waals surface area (Å²) in [5.41, 5.74) is 8.04. The lowest BCUT2D eigenvalue weighted by Crippen LogP contribution is -2.35. The van der Waals surface area contributed by atoms with Gasteiger partial charge in [-0.2, -0.15) is 9.97 Å². The van der Waals surface area contributed by atoms with E-state index < -0.39 is 4.92 Å². The molecule has 0 unspecified atom stereocenters. The summed E-state index contributed by atoms with van der Waals surface area (Å²) in [4.78, 5) is 21.8. The average molecular weight is 419 g/mol. The van der Waals surface area contributed by atoms with E-state index in [9.17, 15) is 10.1 Å². The van der Waals surface area contributed by atoms with Crippen LogP contribution in [0.1, 0.15) is 24.0 Å². The number of nitro groups is 1. The van der Waals surface area contributed by atoms with Crippen LogP contribution in [-0.2, 0) is 13.0 Å². The van der Waals surface area contributed by atoms with Crippen molar-refractivity contribution in [2.75, 3.05) is 29.0 Å². The minimum absolute atomic E-state index is 0.114. The topological polar surface area (TPSA) is 110 Å². The first-order chi connectivity index (χ1) is 15.1. The Hall–Kier alpha value is -3.68. The lowest BCUT2D eigenvalue weighted by Gasteiger charge is -2.32. The van der Waals surface area contributed by atoms with E-state index in [4.69, 9.17) is 5.73 Å². The van der Waals surface area contributed by atoms with Gasteiger partial charge >= 0.3 is 5.69 Å². The Labute approximate surface area is 181 Å². The Kier molecular flexibility index (Phi) is 6.26. The van der Waals surface area contributed by atoms with Crippen molar-refractivity contribution in [1.29, 1.82) is 0 Å². The van der Waals surface area contributed by atoms with E-state index in [1.165, 1.54) is 5.56 Å². The second kappa shape index (κ2) is 9.42. The molecule has 0 amide bonds. The van der Waals surface area contributed by atoms with Crippen LogP contribution in [0.25, 0.3) is 0 Å². The molecule has 8 nitrogen and oxygen atoms in total. The number of aromatic nitrogens is 2. The number of nitrogens with zero attached hydrogens (tertiary/aromatic N) is 4. The van der Waals surface area contributed by atoms with Crippen LogP contribution in [0.15, 0.2) is 60.7 Å². The van der Waals surface area contributed by atoms with Crippen molar-refractivity contribution in [2.45, 2.75) is 25.8 Å². The minimum Gasteiger partial charge on any atom is -0.378 e. The molecule has 31 heavy (non-hydrogen) atoms. The maximum absolute atomic E-state index is 11.6. The summed E-state index contributed by atoms with van der Waals surface area (Å²) in [6.07, 6.45) is 3.09. The Morgan fingerprint density at radius 1 is 1.00 bits per heavy atom. The maximum atomic E-state index is 11.6. The first-order valence-electron chi connectivity index (χ1n) is 10.5. The molecule has 0 aliphatic carbocycles. The van der Waals surface area contributed by atoms with Gasteiger partial charge in [0, 0.05) is 19.6 Å². The molecule has 0 radical (unpaired) electrons. The molecule has 3 N–H and O–H groups in total. The number of piperidine rings is 1. The van der Waals surface area contributed by atoms with E-state index in [0.717, 1.165) is 37.9 Å². The van der Waals surface area contributed by atoms with Crippen LogP contribution < -0.4 is 16.0 Å². The molecular formula is C23H26N6O2. The van der Waals surface area contributed by atoms with E-state index >= 15 is 0 Å². The van der Waals surface area contributed by atoms with Crippen molar-refractivity contribution in [3.8, 4) is 0 Å². The number of hydrogen-bond donors (Lipinski definition) is 2. The molecule has 0 bridgehead atoms. The SMILES string of the molecule is Nc1nc(N2CCC(Cc3ccccc3)CC2)nc(NCc2ccccc2)c1[N+](=O)[O-]. The molecule has 8 heteroatoms. The highest BCUT2D eigenvalue weighted by atomic mass is 16.6. The molecule has 1 saturated heterocycles. The Bertz CT molecular complexity index is 1020. The normalized spacial score (nSPS) is 14.4. The van der Waals surface area contributed by atoms with Crippen LogP contribution in [0.2, 0.25) is 0 Å². The zero-order valence-electron chi connectivity index (χ0n) is 17.3. The fraction of sp³-hybridized carbons (Fsp3) is 0.304. The highest BCUT2D eigenvalue weighted by molar-refractivity contribution is 5.70. The van der Waals surface area contributed by atoms with Crippen LogP contribution in [0.3, 0.4) is 0 Å². The molecule has 2 aromatic carbocycles. The van der Waals surface area contributed by atoms with Crippen molar-refractivity contribution in [2.24, 2.45) is 5.92 Å². The quantitative estimate of drug-likeness (QED) is 0.440. The van der Waals surface area contributed by atoms with Crippen molar-refractivity contribution < 1.29 is 4.92 Å². The summed E-state index contributed by atoms with van der Waals surface area (Å²) >= 11 is 0. The van der Waals surface area contributed by atoms with Gasteiger partial charge < -0.3 is 16.0 Å². The van der Waals surface area contributed by atoms with Gasteiger partial charge in [-0.25, -0.2) is 0 Å². The molecule has 4 rings (SSSR count). The van der Waals surface area contributed by atoms with Gasteiger partial charge in [-0.15, -0.1) is 0 Å². The summed E-state index contributed by atoms with van der Waals surface area (Å²) in [7, 11) is 0. The second-order valence-corrected chi connectivity index (χ2v) is 7.82. The van der Waals surface area contributed by atoms with Crippen LogP contribution in [0.5, 0.6) is 0 Å². The first kappa shape index (κ1) is 20.6. The number of rotatable bonds is 7. The largest absolute Gasteiger partial charge is 0.378 e. The molecule has 0 saturated carbocycles. The van der Waals surface area contributed by atoms with Gasteiger partial charge in [-0.05, 0) is 36.3 Å². The van der Waals surface area contributed by atoms with Gasteiger partial charge in [-0.1, -0.05) is 60.7 Å². The Morgan fingerprint density at radius 2 is 1.61 bits per heavy atom. The van der Waals surface area contributed by atoms with Crippen LogP contribution in [0, 0.1) is 16.0 Å². The van der Waals surface area contributed by atoms with Gasteiger partial charge in [0.05, 0.1) is 4.92 Å². The van der Waals surface area contributed by atoms with Crippen LogP contribution >= 0.6 is 0 Å². The maximum Gasteiger partial charge on any atom is 0.353 e. The van der Waals surface area contributed by atoms with Gasteiger partial charge in [0.25, 0.3) is 0 Å². The molecule has 3 aromatic rings. The monoisotopic (exact) mass is 418 g/mol. The fourth-order valence-corrected chi connectivity index (χ4v) is 3.97. The summed E-state index contributed by atoms with van der Waals surface area (Å²) in [6.45, 7) is 2.01. The molecule has 1 fully saturated rings. The smallest absolute Gasteiger partial charge is 0.353 e. The van der Waals surface area contributed by atoms with Crippen molar-refractivity contribution in [3.05, 3.63) is 81.9 Å². The summed E-state index contributed by atoms with van der Waals surface area (Å²) < 4.78 is 0. The molecule has 160 valence electrons. The first-order valence-corrected chi connectivity index (χ1v) is 10.5. The number of anilines is 3. The molecule has 1 aliphatic heterocycles. The summed E-state index contributed by atoms with van der Waals surface area (Å²) in [5, 5.41) is 14.6. The van der Waals surface area contributed by atoms with E-state index in [0.29, 0.717) is 18.4 Å². The lowest BCUT2D eigenvalue weighted by atomic mass is 9.90. The Morgan fingerprint density at radius 3 is 2.23 bits per heavy atom. The summed E-state index contributed by atoms with van der Waals surface area (Å²) in [6, 6.07) is 20.2. The van der Waals surface area contributed by atoms with Gasteiger partial charge in [0.1, 0.15) is 0 Å². The van der Waals surface area contributed by atoms with E-state index in [1.807, 2.05) is 36.4 Å². The van der Waals surface area contributed by atoms with E-state index in [1.54, 1.807) is 0 Å². The van der Waals surface area contributed by atoms with E-state index in [2.05, 4.69) is 44.5 Å². The molecule has 0 atom stereocenters. The number of nitrogens with two attached hydrogens (primary N) is 1. The number of benzene rings is 2. The molecular weight excluding hydrogens is 392 g/mol. The third kappa shape index (κ3) is 5.09. The fourth-order valence-electron chi connectivity index (χ4n) is 3.97. The summed E-state index contributed by atoms with van der Waals surface area (Å²) in [5.74, 6) is 1.08. The third-order valence-electron chi connectivity index (χ3n) is 5.65. The molecule has 2 heterocycles. The lowest BCUT2D eigenvalue weighted by molar-refractivity contribution is -0.383. The Balaban J connectivity index is 1.47. The highest BCUT2D eigenvalue weighted by Crippen LogP contribution is 2.32. The molecule has 0 spiro atoms. The predicted molar refractivity (Wildman–Crippen MR) is 122 cm³/mol. The zero-order chi connectivity index (χ0) is 21.6. The van der Waals surface area contributed by atoms with Crippen molar-refractivity contribution in [3.63, 3.8) is 0 Å². The minimum atomic E-state index is -0.529. The van der Waals surface area contributed by atoms with Crippen molar-refractivity contribution in [1.82, 2.24) is 9.97 Å². The number of nitrogens with one attached hydrogen (secondary N) is 1.